The summed E-state index contributed by atoms with van der Waals surface area (Å²) < 4.78 is 0. The molecule has 2 nitrogen and oxygen atoms in total. The predicted octanol–water partition coefficient (Wildman–Crippen LogP) is 1.35. The molecular weight excluding hydrogens is 160 g/mol. The zero-order valence-corrected chi connectivity index (χ0v) is 8.41. The van der Waals surface area contributed by atoms with Crippen LogP contribution in [0.4, 0.5) is 0 Å². The molecule has 0 amide bonds. The van der Waals surface area contributed by atoms with E-state index in [1.165, 1.54) is 32.1 Å². The van der Waals surface area contributed by atoms with Crippen molar-refractivity contribution in [2.45, 2.75) is 32.1 Å². The molecule has 0 aliphatic heterocycles. The second kappa shape index (κ2) is 3.97. The Morgan fingerprint density at radius 1 is 1.00 bits per heavy atom. The second-order valence-electron chi connectivity index (χ2n) is 4.82. The standard InChI is InChI=1S/C11H22N2/c12-5-3-9-7-8-1-2-10(9)11(8)4-6-13/h8-11H,1-7,12-13H2. The Balaban J connectivity index is 1.94. The van der Waals surface area contributed by atoms with Gasteiger partial charge in [-0.05, 0) is 68.9 Å². The lowest BCUT2D eigenvalue weighted by atomic mass is 9.85. The Morgan fingerprint density at radius 3 is 2.46 bits per heavy atom. The summed E-state index contributed by atoms with van der Waals surface area (Å²) in [6.07, 6.45) is 6.89. The second-order valence-corrected chi connectivity index (χ2v) is 4.82. The molecule has 4 atom stereocenters. The van der Waals surface area contributed by atoms with E-state index in [0.29, 0.717) is 0 Å². The van der Waals surface area contributed by atoms with Crippen molar-refractivity contribution in [3.05, 3.63) is 0 Å². The molecule has 13 heavy (non-hydrogen) atoms. The summed E-state index contributed by atoms with van der Waals surface area (Å²) >= 11 is 0. The van der Waals surface area contributed by atoms with Gasteiger partial charge in [0.15, 0.2) is 0 Å². The van der Waals surface area contributed by atoms with Crippen LogP contribution < -0.4 is 11.5 Å². The lowest BCUT2D eigenvalue weighted by Gasteiger charge is -2.21. The van der Waals surface area contributed by atoms with Crippen LogP contribution in [0, 0.1) is 23.7 Å². The van der Waals surface area contributed by atoms with Crippen LogP contribution in [0.5, 0.6) is 0 Å². The van der Waals surface area contributed by atoms with Crippen molar-refractivity contribution < 1.29 is 0 Å². The van der Waals surface area contributed by atoms with E-state index in [4.69, 9.17) is 11.5 Å². The van der Waals surface area contributed by atoms with Gasteiger partial charge in [0.25, 0.3) is 0 Å². The molecule has 2 fully saturated rings. The fourth-order valence-corrected chi connectivity index (χ4v) is 3.81. The van der Waals surface area contributed by atoms with E-state index in [-0.39, 0.29) is 0 Å². The van der Waals surface area contributed by atoms with Gasteiger partial charge in [-0.25, -0.2) is 0 Å². The van der Waals surface area contributed by atoms with Crippen molar-refractivity contribution >= 4 is 0 Å². The van der Waals surface area contributed by atoms with Gasteiger partial charge in [0.05, 0.1) is 0 Å². The maximum atomic E-state index is 5.66. The normalized spacial score (nSPS) is 42.9. The summed E-state index contributed by atoms with van der Waals surface area (Å²) in [5.74, 6) is 3.89. The van der Waals surface area contributed by atoms with Crippen LogP contribution in [0.1, 0.15) is 32.1 Å². The third-order valence-electron chi connectivity index (χ3n) is 4.27. The number of fused-ring (bicyclic) bond motifs is 2. The summed E-state index contributed by atoms with van der Waals surface area (Å²) in [5.41, 5.74) is 11.3. The van der Waals surface area contributed by atoms with E-state index in [1.54, 1.807) is 0 Å². The summed E-state index contributed by atoms with van der Waals surface area (Å²) in [4.78, 5) is 0. The predicted molar refractivity (Wildman–Crippen MR) is 55.2 cm³/mol. The largest absolute Gasteiger partial charge is 0.330 e. The van der Waals surface area contributed by atoms with Crippen molar-refractivity contribution in [3.63, 3.8) is 0 Å². The van der Waals surface area contributed by atoms with Crippen LogP contribution >= 0.6 is 0 Å². The first kappa shape index (κ1) is 9.47. The molecule has 0 spiro atoms. The lowest BCUT2D eigenvalue weighted by Crippen LogP contribution is -2.17. The molecule has 0 aromatic heterocycles. The third kappa shape index (κ3) is 1.62. The molecule has 4 unspecified atom stereocenters. The van der Waals surface area contributed by atoms with E-state index in [0.717, 1.165) is 36.8 Å². The van der Waals surface area contributed by atoms with Crippen LogP contribution in [-0.4, -0.2) is 13.1 Å². The van der Waals surface area contributed by atoms with E-state index in [2.05, 4.69) is 0 Å². The van der Waals surface area contributed by atoms with Gasteiger partial charge in [0, 0.05) is 0 Å². The van der Waals surface area contributed by atoms with Crippen LogP contribution in [0.2, 0.25) is 0 Å². The maximum absolute atomic E-state index is 5.66. The van der Waals surface area contributed by atoms with Crippen molar-refractivity contribution in [2.24, 2.45) is 35.1 Å². The highest BCUT2D eigenvalue weighted by Crippen LogP contribution is 2.54. The van der Waals surface area contributed by atoms with Gasteiger partial charge >= 0.3 is 0 Å². The average Bonchev–Trinajstić information content (AvgIpc) is 2.64. The third-order valence-corrected chi connectivity index (χ3v) is 4.27. The van der Waals surface area contributed by atoms with Gasteiger partial charge in [-0.1, -0.05) is 0 Å². The highest BCUT2D eigenvalue weighted by molar-refractivity contribution is 4.96. The molecule has 76 valence electrons. The molecule has 2 aliphatic carbocycles. The van der Waals surface area contributed by atoms with Gasteiger partial charge in [0.1, 0.15) is 0 Å². The Kier molecular flexibility index (Phi) is 2.89. The smallest absolute Gasteiger partial charge is 0.00744 e. The molecule has 2 heteroatoms. The van der Waals surface area contributed by atoms with Gasteiger partial charge in [-0.3, -0.25) is 0 Å². The van der Waals surface area contributed by atoms with Crippen LogP contribution in [0.15, 0.2) is 0 Å². The first-order valence-corrected chi connectivity index (χ1v) is 5.77. The van der Waals surface area contributed by atoms with E-state index in [9.17, 15) is 0 Å². The van der Waals surface area contributed by atoms with E-state index in [1.807, 2.05) is 0 Å². The summed E-state index contributed by atoms with van der Waals surface area (Å²) in [6, 6.07) is 0. The minimum absolute atomic E-state index is 0.878. The Labute approximate surface area is 81.1 Å². The summed E-state index contributed by atoms with van der Waals surface area (Å²) in [6.45, 7) is 1.76. The van der Waals surface area contributed by atoms with Crippen LogP contribution in [-0.2, 0) is 0 Å². The van der Waals surface area contributed by atoms with Crippen molar-refractivity contribution in [3.8, 4) is 0 Å². The van der Waals surface area contributed by atoms with Crippen LogP contribution in [0.25, 0.3) is 0 Å². The SMILES string of the molecule is NCCC1CC2CCC1C2CCN. The highest BCUT2D eigenvalue weighted by atomic mass is 14.6. The molecule has 4 N–H and O–H groups in total. The van der Waals surface area contributed by atoms with Gasteiger partial charge in [-0.2, -0.15) is 0 Å². The average molecular weight is 182 g/mol. The molecular formula is C11H22N2. The first-order chi connectivity index (χ1) is 6.36. The molecule has 0 heterocycles. The number of rotatable bonds is 4. The first-order valence-electron chi connectivity index (χ1n) is 5.77. The Hall–Kier alpha value is -0.0800. The fourth-order valence-electron chi connectivity index (χ4n) is 3.81. The van der Waals surface area contributed by atoms with Crippen LogP contribution in [0.3, 0.4) is 0 Å². The monoisotopic (exact) mass is 182 g/mol. The molecule has 0 saturated heterocycles. The summed E-state index contributed by atoms with van der Waals surface area (Å²) in [5, 5.41) is 0. The molecule has 0 aromatic rings. The molecule has 0 radical (unpaired) electrons. The zero-order valence-electron chi connectivity index (χ0n) is 8.41. The number of nitrogens with two attached hydrogens (primary N) is 2. The highest BCUT2D eigenvalue weighted by Gasteiger charge is 2.46. The minimum atomic E-state index is 0.878. The fraction of sp³-hybridized carbons (Fsp3) is 1.00. The number of hydrogen-bond donors (Lipinski definition) is 2. The molecule has 2 rings (SSSR count). The topological polar surface area (TPSA) is 52.0 Å². The van der Waals surface area contributed by atoms with Crippen molar-refractivity contribution in [1.82, 2.24) is 0 Å². The quantitative estimate of drug-likeness (QED) is 0.689. The maximum Gasteiger partial charge on any atom is -0.00744 e. The van der Waals surface area contributed by atoms with E-state index >= 15 is 0 Å². The van der Waals surface area contributed by atoms with Crippen molar-refractivity contribution in [1.29, 1.82) is 0 Å². The molecule has 2 saturated carbocycles. The van der Waals surface area contributed by atoms with Gasteiger partial charge in [-0.15, -0.1) is 0 Å². The zero-order chi connectivity index (χ0) is 9.26. The molecule has 2 aliphatic rings. The van der Waals surface area contributed by atoms with E-state index < -0.39 is 0 Å². The molecule has 2 bridgehead atoms. The molecule has 0 aromatic carbocycles. The van der Waals surface area contributed by atoms with Crippen molar-refractivity contribution in [2.75, 3.05) is 13.1 Å². The number of hydrogen-bond acceptors (Lipinski definition) is 2. The Morgan fingerprint density at radius 2 is 1.77 bits per heavy atom. The Bertz CT molecular complexity index is 169. The minimum Gasteiger partial charge on any atom is -0.330 e. The van der Waals surface area contributed by atoms with Gasteiger partial charge < -0.3 is 11.5 Å². The summed E-state index contributed by atoms with van der Waals surface area (Å²) in [7, 11) is 0. The lowest BCUT2D eigenvalue weighted by molar-refractivity contribution is 0.298. The van der Waals surface area contributed by atoms with Gasteiger partial charge in [0.2, 0.25) is 0 Å².